The molecule has 0 saturated heterocycles. The number of halogens is 1. The number of hydrogen-bond donors (Lipinski definition) is 2. The van der Waals surface area contributed by atoms with E-state index in [0.29, 0.717) is 27.5 Å². The van der Waals surface area contributed by atoms with Gasteiger partial charge < -0.3 is 5.73 Å². The molecule has 0 aliphatic rings. The quantitative estimate of drug-likeness (QED) is 0.443. The third-order valence-corrected chi connectivity index (χ3v) is 6.07. The van der Waals surface area contributed by atoms with Gasteiger partial charge >= 0.3 is 0 Å². The third kappa shape index (κ3) is 4.24. The number of rotatable bonds is 6. The Morgan fingerprint density at radius 3 is 2.53 bits per heavy atom. The Balaban J connectivity index is 1.84. The molecule has 4 N–H and O–H groups in total. The molecule has 1 amide bonds. The van der Waals surface area contributed by atoms with Gasteiger partial charge in [-0.1, -0.05) is 35.9 Å². The van der Waals surface area contributed by atoms with Gasteiger partial charge in [-0.15, -0.1) is 5.10 Å². The summed E-state index contributed by atoms with van der Waals surface area (Å²) in [5, 5.41) is 10.2. The van der Waals surface area contributed by atoms with E-state index in [4.69, 9.17) is 22.5 Å². The van der Waals surface area contributed by atoms with Crippen molar-refractivity contribution < 1.29 is 13.2 Å². The lowest BCUT2D eigenvalue weighted by Gasteiger charge is -2.18. The first kappa shape index (κ1) is 21.6. The van der Waals surface area contributed by atoms with Crippen molar-refractivity contribution in [1.29, 1.82) is 0 Å². The molecule has 11 heteroatoms. The number of amides is 1. The summed E-state index contributed by atoms with van der Waals surface area (Å²) in [6, 6.07) is 14.6. The van der Waals surface area contributed by atoms with Crippen LogP contribution in [0.4, 0.5) is 0 Å². The minimum atomic E-state index is -4.20. The molecular formula is C21H17ClN6O3S. The van der Waals surface area contributed by atoms with Crippen LogP contribution in [0.2, 0.25) is 5.02 Å². The second-order valence-electron chi connectivity index (χ2n) is 6.88. The Morgan fingerprint density at radius 1 is 1.09 bits per heavy atom. The number of carbonyl (C=O) groups is 1. The lowest BCUT2D eigenvalue weighted by atomic mass is 9.90. The van der Waals surface area contributed by atoms with Crippen LogP contribution in [0.1, 0.15) is 17.0 Å². The fraction of sp³-hybridized carbons (Fsp3) is 0.0476. The number of aromatic nitrogens is 4. The van der Waals surface area contributed by atoms with Gasteiger partial charge in [0.15, 0.2) is 5.82 Å². The molecule has 0 spiro atoms. The molecule has 0 aliphatic carbocycles. The highest BCUT2D eigenvalue weighted by Gasteiger charge is 2.26. The summed E-state index contributed by atoms with van der Waals surface area (Å²) in [4.78, 5) is 20.3. The lowest BCUT2D eigenvalue weighted by Crippen LogP contribution is -2.24. The first-order chi connectivity index (χ1) is 15.3. The van der Waals surface area contributed by atoms with Crippen molar-refractivity contribution in [3.63, 3.8) is 0 Å². The number of hydrogen-bond acceptors (Lipinski definition) is 6. The van der Waals surface area contributed by atoms with Gasteiger partial charge in [-0.05, 0) is 41.5 Å². The summed E-state index contributed by atoms with van der Waals surface area (Å²) >= 11 is 6.25. The van der Waals surface area contributed by atoms with Crippen LogP contribution in [0.25, 0.3) is 17.1 Å². The molecule has 0 aliphatic heterocycles. The molecular weight excluding hydrogens is 452 g/mol. The number of carbonyl (C=O) groups excluding carboxylic acids is 1. The van der Waals surface area contributed by atoms with Crippen molar-refractivity contribution in [2.75, 3.05) is 0 Å². The van der Waals surface area contributed by atoms with E-state index in [-0.39, 0.29) is 10.6 Å². The smallest absolute Gasteiger partial charge is 0.240 e. The first-order valence-electron chi connectivity index (χ1n) is 9.28. The molecule has 1 unspecified atom stereocenters. The molecule has 162 valence electrons. The summed E-state index contributed by atoms with van der Waals surface area (Å²) in [6.45, 7) is 0. The van der Waals surface area contributed by atoms with Gasteiger partial charge in [-0.2, -0.15) is 0 Å². The molecule has 0 bridgehead atoms. The molecule has 9 nitrogen and oxygen atoms in total. The molecule has 0 radical (unpaired) electrons. The van der Waals surface area contributed by atoms with Crippen molar-refractivity contribution in [1.82, 2.24) is 19.7 Å². The number of benzene rings is 2. The minimum absolute atomic E-state index is 0.168. The minimum Gasteiger partial charge on any atom is -0.369 e. The summed E-state index contributed by atoms with van der Waals surface area (Å²) in [5.74, 6) is -1.31. The number of nitrogens with zero attached hydrogens (tertiary/aromatic N) is 4. The van der Waals surface area contributed by atoms with Crippen molar-refractivity contribution in [3.05, 3.63) is 89.5 Å². The van der Waals surface area contributed by atoms with Crippen LogP contribution in [0.5, 0.6) is 0 Å². The average molecular weight is 469 g/mol. The van der Waals surface area contributed by atoms with Gasteiger partial charge in [0.2, 0.25) is 15.9 Å². The van der Waals surface area contributed by atoms with E-state index in [1.54, 1.807) is 54.9 Å². The molecule has 2 aromatic carbocycles. The Morgan fingerprint density at radius 2 is 1.88 bits per heavy atom. The van der Waals surface area contributed by atoms with E-state index in [0.717, 1.165) is 0 Å². The van der Waals surface area contributed by atoms with E-state index < -0.39 is 21.8 Å². The molecule has 2 heterocycles. The van der Waals surface area contributed by atoms with Crippen LogP contribution in [0.15, 0.2) is 78.2 Å². The standard InChI is InChI=1S/C21H17ClN6O3S/c22-16-6-2-1-5-15(16)19(20(23)29)13-7-8-17(18(10-13)32(24,30)31)28-12-26-21(27-28)14-4-3-9-25-11-14/h1-12,19H,(H2,23,29)(H2,24,30,31). The Hall–Kier alpha value is -3.60. The normalized spacial score (nSPS) is 12.4. The summed E-state index contributed by atoms with van der Waals surface area (Å²) in [5.41, 5.74) is 7.24. The number of pyridine rings is 1. The van der Waals surface area contributed by atoms with E-state index in [1.807, 2.05) is 0 Å². The maximum absolute atomic E-state index is 12.4. The second kappa shape index (κ2) is 8.50. The highest BCUT2D eigenvalue weighted by molar-refractivity contribution is 7.89. The molecule has 1 atom stereocenters. The number of sulfonamides is 1. The molecule has 4 rings (SSSR count). The van der Waals surface area contributed by atoms with Crippen LogP contribution >= 0.6 is 11.6 Å². The largest absolute Gasteiger partial charge is 0.369 e. The van der Waals surface area contributed by atoms with Crippen molar-refractivity contribution in [2.45, 2.75) is 10.8 Å². The average Bonchev–Trinajstić information content (AvgIpc) is 3.25. The zero-order valence-electron chi connectivity index (χ0n) is 16.5. The highest BCUT2D eigenvalue weighted by atomic mass is 35.5. The fourth-order valence-corrected chi connectivity index (χ4v) is 4.34. The summed E-state index contributed by atoms with van der Waals surface area (Å²) in [7, 11) is -4.20. The van der Waals surface area contributed by atoms with E-state index in [1.165, 1.54) is 23.1 Å². The van der Waals surface area contributed by atoms with Crippen LogP contribution in [0, 0.1) is 0 Å². The molecule has 4 aromatic rings. The summed E-state index contributed by atoms with van der Waals surface area (Å²) < 4.78 is 26.1. The molecule has 0 saturated carbocycles. The van der Waals surface area contributed by atoms with E-state index >= 15 is 0 Å². The van der Waals surface area contributed by atoms with Gasteiger partial charge in [-0.3, -0.25) is 9.78 Å². The lowest BCUT2D eigenvalue weighted by molar-refractivity contribution is -0.118. The van der Waals surface area contributed by atoms with Crippen molar-refractivity contribution in [3.8, 4) is 17.1 Å². The molecule has 32 heavy (non-hydrogen) atoms. The fourth-order valence-electron chi connectivity index (χ4n) is 3.34. The Labute approximate surface area is 188 Å². The molecule has 0 fully saturated rings. The highest BCUT2D eigenvalue weighted by Crippen LogP contribution is 2.32. The topological polar surface area (TPSA) is 147 Å². The van der Waals surface area contributed by atoms with Gasteiger partial charge in [0.1, 0.15) is 11.2 Å². The summed E-state index contributed by atoms with van der Waals surface area (Å²) in [6.07, 6.45) is 4.57. The van der Waals surface area contributed by atoms with E-state index in [2.05, 4.69) is 15.1 Å². The van der Waals surface area contributed by atoms with Gasteiger partial charge in [-0.25, -0.2) is 23.2 Å². The number of nitrogens with two attached hydrogens (primary N) is 2. The van der Waals surface area contributed by atoms with Gasteiger partial charge in [0, 0.05) is 23.0 Å². The number of primary amides is 1. The van der Waals surface area contributed by atoms with Gasteiger partial charge in [0.25, 0.3) is 0 Å². The Kier molecular flexibility index (Phi) is 5.74. The third-order valence-electron chi connectivity index (χ3n) is 4.78. The van der Waals surface area contributed by atoms with E-state index in [9.17, 15) is 13.2 Å². The van der Waals surface area contributed by atoms with Crippen LogP contribution < -0.4 is 10.9 Å². The van der Waals surface area contributed by atoms with Crippen LogP contribution in [-0.2, 0) is 14.8 Å². The van der Waals surface area contributed by atoms with Crippen LogP contribution in [0.3, 0.4) is 0 Å². The maximum Gasteiger partial charge on any atom is 0.240 e. The number of primary sulfonamides is 1. The maximum atomic E-state index is 12.4. The van der Waals surface area contributed by atoms with Crippen molar-refractivity contribution in [2.24, 2.45) is 10.9 Å². The van der Waals surface area contributed by atoms with Crippen LogP contribution in [-0.4, -0.2) is 34.1 Å². The SMILES string of the molecule is NC(=O)C(c1ccc(-n2cnc(-c3cccnc3)n2)c(S(N)(=O)=O)c1)c1ccccc1Cl. The molecule has 2 aromatic heterocycles. The van der Waals surface area contributed by atoms with Gasteiger partial charge in [0.05, 0.1) is 11.6 Å². The zero-order valence-corrected chi connectivity index (χ0v) is 18.0. The predicted molar refractivity (Wildman–Crippen MR) is 118 cm³/mol. The zero-order chi connectivity index (χ0) is 22.9. The first-order valence-corrected chi connectivity index (χ1v) is 11.2. The predicted octanol–water partition coefficient (Wildman–Crippen LogP) is 2.25. The monoisotopic (exact) mass is 468 g/mol. The second-order valence-corrected chi connectivity index (χ2v) is 8.82. The van der Waals surface area contributed by atoms with Crippen molar-refractivity contribution >= 4 is 27.5 Å². The Bertz CT molecular complexity index is 1410.